The van der Waals surface area contributed by atoms with Gasteiger partial charge >= 0.3 is 0 Å². The van der Waals surface area contributed by atoms with Crippen LogP contribution in [0, 0.1) is 17.1 Å². The lowest BCUT2D eigenvalue weighted by Gasteiger charge is -2.36. The second-order valence-electron chi connectivity index (χ2n) is 7.31. The van der Waals surface area contributed by atoms with Crippen LogP contribution in [0.3, 0.4) is 0 Å². The zero-order valence-corrected chi connectivity index (χ0v) is 17.5. The molecule has 5 nitrogen and oxygen atoms in total. The molecule has 30 heavy (non-hydrogen) atoms. The van der Waals surface area contributed by atoms with Crippen LogP contribution in [0.1, 0.15) is 28.5 Å². The molecule has 7 heteroatoms. The van der Waals surface area contributed by atoms with Crippen LogP contribution in [0.15, 0.2) is 47.8 Å². The first-order valence-electron chi connectivity index (χ1n) is 9.76. The van der Waals surface area contributed by atoms with E-state index in [1.807, 2.05) is 6.07 Å². The van der Waals surface area contributed by atoms with Gasteiger partial charge in [-0.05, 0) is 49.4 Å². The van der Waals surface area contributed by atoms with Crippen molar-refractivity contribution in [2.24, 2.45) is 0 Å². The van der Waals surface area contributed by atoms with Crippen LogP contribution < -0.4 is 4.90 Å². The van der Waals surface area contributed by atoms with Gasteiger partial charge in [0.05, 0.1) is 17.3 Å². The SMILES string of the molecule is CC(=O)c1ccc(C#N)cc1N1CCN(Cc2csc(-c3ccc(F)cc3)n2)CC1. The minimum absolute atomic E-state index is 0.00714. The van der Waals surface area contributed by atoms with Gasteiger partial charge in [-0.15, -0.1) is 11.3 Å². The van der Waals surface area contributed by atoms with Crippen LogP contribution >= 0.6 is 11.3 Å². The molecule has 1 fully saturated rings. The summed E-state index contributed by atoms with van der Waals surface area (Å²) < 4.78 is 13.1. The number of benzene rings is 2. The maximum Gasteiger partial charge on any atom is 0.161 e. The van der Waals surface area contributed by atoms with Gasteiger partial charge in [-0.3, -0.25) is 9.69 Å². The highest BCUT2D eigenvalue weighted by Gasteiger charge is 2.21. The Labute approximate surface area is 179 Å². The highest BCUT2D eigenvalue weighted by Crippen LogP contribution is 2.26. The van der Waals surface area contributed by atoms with Gasteiger partial charge in [0, 0.05) is 54.9 Å². The number of piperazine rings is 1. The van der Waals surface area contributed by atoms with E-state index in [0.717, 1.165) is 54.7 Å². The first-order chi connectivity index (χ1) is 14.5. The number of halogens is 1. The third-order valence-corrected chi connectivity index (χ3v) is 6.19. The average Bonchev–Trinajstić information content (AvgIpc) is 3.22. The molecule has 0 aliphatic carbocycles. The van der Waals surface area contributed by atoms with Crippen molar-refractivity contribution in [1.82, 2.24) is 9.88 Å². The van der Waals surface area contributed by atoms with Crippen LogP contribution in [-0.2, 0) is 6.54 Å². The number of hydrogen-bond donors (Lipinski definition) is 0. The lowest BCUT2D eigenvalue weighted by atomic mass is 10.0. The number of thiazole rings is 1. The molecule has 1 aliphatic rings. The summed E-state index contributed by atoms with van der Waals surface area (Å²) in [6.07, 6.45) is 0. The van der Waals surface area contributed by atoms with Crippen LogP contribution in [0.2, 0.25) is 0 Å². The van der Waals surface area contributed by atoms with Crippen molar-refractivity contribution in [3.63, 3.8) is 0 Å². The van der Waals surface area contributed by atoms with E-state index in [9.17, 15) is 14.4 Å². The summed E-state index contributed by atoms with van der Waals surface area (Å²) in [5.41, 5.74) is 3.99. The lowest BCUT2D eigenvalue weighted by Crippen LogP contribution is -2.46. The molecular weight excluding hydrogens is 399 g/mol. The van der Waals surface area contributed by atoms with Crippen molar-refractivity contribution >= 4 is 22.8 Å². The second kappa shape index (κ2) is 8.74. The molecule has 0 amide bonds. The number of aromatic nitrogens is 1. The van der Waals surface area contributed by atoms with Gasteiger partial charge in [-0.25, -0.2) is 9.37 Å². The summed E-state index contributed by atoms with van der Waals surface area (Å²) >= 11 is 1.56. The van der Waals surface area contributed by atoms with Crippen LogP contribution in [0.25, 0.3) is 10.6 Å². The van der Waals surface area contributed by atoms with Crippen molar-refractivity contribution in [2.45, 2.75) is 13.5 Å². The molecule has 4 rings (SSSR count). The van der Waals surface area contributed by atoms with Gasteiger partial charge in [0.25, 0.3) is 0 Å². The van der Waals surface area contributed by atoms with E-state index in [2.05, 4.69) is 21.2 Å². The smallest absolute Gasteiger partial charge is 0.161 e. The number of rotatable bonds is 5. The number of ketones is 1. The summed E-state index contributed by atoms with van der Waals surface area (Å²) in [5, 5.41) is 12.2. The molecule has 0 radical (unpaired) electrons. The van der Waals surface area contributed by atoms with Crippen molar-refractivity contribution in [3.05, 3.63) is 70.5 Å². The molecule has 1 saturated heterocycles. The normalized spacial score (nSPS) is 14.5. The molecule has 0 unspecified atom stereocenters. The van der Waals surface area contributed by atoms with Gasteiger partial charge in [0.15, 0.2) is 5.78 Å². The number of nitriles is 1. The fourth-order valence-corrected chi connectivity index (χ4v) is 4.46. The van der Waals surface area contributed by atoms with Crippen molar-refractivity contribution < 1.29 is 9.18 Å². The highest BCUT2D eigenvalue weighted by atomic mass is 32.1. The Hall–Kier alpha value is -3.08. The molecule has 3 aromatic rings. The minimum atomic E-state index is -0.248. The average molecular weight is 421 g/mol. The molecule has 2 heterocycles. The summed E-state index contributed by atoms with van der Waals surface area (Å²) in [6.45, 7) is 5.56. The quantitative estimate of drug-likeness (QED) is 0.575. The number of Topliss-reactive ketones (excluding diaryl/α,β-unsaturated/α-hetero) is 1. The molecule has 0 bridgehead atoms. The third kappa shape index (κ3) is 4.40. The summed E-state index contributed by atoms with van der Waals surface area (Å²) in [6, 6.07) is 13.8. The monoisotopic (exact) mass is 420 g/mol. The predicted octanol–water partition coefficient (Wildman–Crippen LogP) is 4.35. The Bertz CT molecular complexity index is 1100. The summed E-state index contributed by atoms with van der Waals surface area (Å²) in [5.74, 6) is -0.241. The van der Waals surface area contributed by atoms with E-state index < -0.39 is 0 Å². The topological polar surface area (TPSA) is 60.2 Å². The van der Waals surface area contributed by atoms with E-state index in [-0.39, 0.29) is 11.6 Å². The number of anilines is 1. The van der Waals surface area contributed by atoms with Crippen LogP contribution in [0.5, 0.6) is 0 Å². The van der Waals surface area contributed by atoms with Crippen molar-refractivity contribution in [1.29, 1.82) is 5.26 Å². The largest absolute Gasteiger partial charge is 0.368 e. The fourth-order valence-electron chi connectivity index (χ4n) is 3.64. The molecule has 0 N–H and O–H groups in total. The first kappa shape index (κ1) is 20.2. The summed E-state index contributed by atoms with van der Waals surface area (Å²) in [4.78, 5) is 21.2. The summed E-state index contributed by atoms with van der Waals surface area (Å²) in [7, 11) is 0. The molecule has 152 valence electrons. The lowest BCUT2D eigenvalue weighted by molar-refractivity contribution is 0.101. The maximum absolute atomic E-state index is 13.1. The predicted molar refractivity (Wildman–Crippen MR) is 116 cm³/mol. The Morgan fingerprint density at radius 2 is 1.90 bits per heavy atom. The molecule has 1 aromatic heterocycles. The zero-order valence-electron chi connectivity index (χ0n) is 16.6. The van der Waals surface area contributed by atoms with Gasteiger partial charge in [0.2, 0.25) is 0 Å². The van der Waals surface area contributed by atoms with E-state index in [1.165, 1.54) is 12.1 Å². The standard InChI is InChI=1S/C23H21FN4OS/c1-16(29)21-7-2-17(13-25)12-22(21)28-10-8-27(9-11-28)14-20-15-30-23(26-20)18-3-5-19(24)6-4-18/h2-7,12,15H,8-11,14H2,1H3. The minimum Gasteiger partial charge on any atom is -0.368 e. The maximum atomic E-state index is 13.1. The Kier molecular flexibility index (Phi) is 5.88. The Balaban J connectivity index is 1.41. The van der Waals surface area contributed by atoms with Gasteiger partial charge < -0.3 is 4.90 Å². The van der Waals surface area contributed by atoms with Crippen molar-refractivity contribution in [3.8, 4) is 16.6 Å². The van der Waals surface area contributed by atoms with E-state index in [4.69, 9.17) is 4.98 Å². The zero-order chi connectivity index (χ0) is 21.1. The molecule has 2 aromatic carbocycles. The first-order valence-corrected chi connectivity index (χ1v) is 10.6. The highest BCUT2D eigenvalue weighted by molar-refractivity contribution is 7.13. The molecular formula is C23H21FN4OS. The van der Waals surface area contributed by atoms with Crippen LogP contribution in [-0.4, -0.2) is 41.8 Å². The number of carbonyl (C=O) groups excluding carboxylic acids is 1. The number of hydrogen-bond acceptors (Lipinski definition) is 6. The third-order valence-electron chi connectivity index (χ3n) is 5.25. The van der Waals surface area contributed by atoms with Gasteiger partial charge in [-0.1, -0.05) is 0 Å². The fraction of sp³-hybridized carbons (Fsp3) is 0.261. The van der Waals surface area contributed by atoms with Gasteiger partial charge in [-0.2, -0.15) is 5.26 Å². The van der Waals surface area contributed by atoms with Gasteiger partial charge in [0.1, 0.15) is 10.8 Å². The van der Waals surface area contributed by atoms with E-state index in [0.29, 0.717) is 11.1 Å². The molecule has 0 saturated carbocycles. The molecule has 1 aliphatic heterocycles. The van der Waals surface area contributed by atoms with Crippen LogP contribution in [0.4, 0.5) is 10.1 Å². The number of carbonyl (C=O) groups is 1. The van der Waals surface area contributed by atoms with E-state index >= 15 is 0 Å². The molecule has 0 atom stereocenters. The van der Waals surface area contributed by atoms with E-state index in [1.54, 1.807) is 42.5 Å². The Morgan fingerprint density at radius 1 is 1.17 bits per heavy atom. The Morgan fingerprint density at radius 3 is 2.57 bits per heavy atom. The second-order valence-corrected chi connectivity index (χ2v) is 8.17. The number of nitrogens with zero attached hydrogens (tertiary/aromatic N) is 4. The molecule has 0 spiro atoms. The van der Waals surface area contributed by atoms with Crippen molar-refractivity contribution in [2.75, 3.05) is 31.1 Å².